The molecule has 0 aliphatic heterocycles. The molecule has 160 valence electrons. The van der Waals surface area contributed by atoms with E-state index in [2.05, 4.69) is 20.9 Å². The van der Waals surface area contributed by atoms with E-state index in [1.807, 2.05) is 13.8 Å². The number of rotatable bonds is 6. The number of carboxylic acids is 1. The number of carboxylic acid groups (broad SMARTS) is 1. The summed E-state index contributed by atoms with van der Waals surface area (Å²) in [6, 6.07) is 9.97. The second-order valence-corrected chi connectivity index (χ2v) is 8.36. The highest BCUT2D eigenvalue weighted by molar-refractivity contribution is 9.10. The second kappa shape index (κ2) is 9.16. The van der Waals surface area contributed by atoms with Gasteiger partial charge in [-0.05, 0) is 71.6 Å². The summed E-state index contributed by atoms with van der Waals surface area (Å²) < 4.78 is 30.2. The maximum atomic E-state index is 14.5. The fourth-order valence-corrected chi connectivity index (χ4v) is 4.49. The zero-order chi connectivity index (χ0) is 22.9. The van der Waals surface area contributed by atoms with Gasteiger partial charge in [0.25, 0.3) is 0 Å². The van der Waals surface area contributed by atoms with Crippen LogP contribution in [0.4, 0.5) is 8.78 Å². The van der Waals surface area contributed by atoms with Crippen molar-refractivity contribution in [3.05, 3.63) is 85.9 Å². The molecule has 5 nitrogen and oxygen atoms in total. The highest BCUT2D eigenvalue weighted by Gasteiger charge is 2.30. The van der Waals surface area contributed by atoms with E-state index in [1.165, 1.54) is 24.3 Å². The maximum Gasteiger partial charge on any atom is 0.356 e. The number of hydrogen-bond acceptors (Lipinski definition) is 3. The Bertz CT molecular complexity index is 1200. The molecule has 9 heteroatoms. The first-order valence-corrected chi connectivity index (χ1v) is 10.5. The van der Waals surface area contributed by atoms with E-state index in [1.54, 1.807) is 22.8 Å². The van der Waals surface area contributed by atoms with Crippen LogP contribution < -0.4 is 0 Å². The quantitative estimate of drug-likeness (QED) is 0.436. The fourth-order valence-electron chi connectivity index (χ4n) is 3.51. The Labute approximate surface area is 191 Å². The van der Waals surface area contributed by atoms with Gasteiger partial charge in [-0.3, -0.25) is 0 Å². The molecule has 2 aromatic carbocycles. The van der Waals surface area contributed by atoms with E-state index in [-0.39, 0.29) is 28.7 Å². The minimum Gasteiger partial charge on any atom is -0.476 e. The lowest BCUT2D eigenvalue weighted by Gasteiger charge is -2.23. The third-order valence-electron chi connectivity index (χ3n) is 4.89. The van der Waals surface area contributed by atoms with Crippen molar-refractivity contribution < 1.29 is 18.7 Å². The average Bonchev–Trinajstić information content (AvgIpc) is 3.06. The summed E-state index contributed by atoms with van der Waals surface area (Å²) in [5.41, 5.74) is 1.14. The largest absolute Gasteiger partial charge is 0.476 e. The van der Waals surface area contributed by atoms with Crippen LogP contribution >= 0.6 is 27.5 Å². The summed E-state index contributed by atoms with van der Waals surface area (Å²) in [6.45, 7) is 3.74. The molecule has 3 rings (SSSR count). The van der Waals surface area contributed by atoms with Crippen LogP contribution in [0.15, 0.2) is 41.1 Å². The predicted molar refractivity (Wildman–Crippen MR) is 115 cm³/mol. The van der Waals surface area contributed by atoms with E-state index in [9.17, 15) is 18.7 Å². The molecule has 1 aromatic heterocycles. The van der Waals surface area contributed by atoms with Gasteiger partial charge in [-0.1, -0.05) is 23.7 Å². The van der Waals surface area contributed by atoms with Gasteiger partial charge in [0.15, 0.2) is 10.4 Å². The lowest BCUT2D eigenvalue weighted by atomic mass is 9.87. The Hall–Kier alpha value is -2.76. The van der Waals surface area contributed by atoms with Gasteiger partial charge >= 0.3 is 5.97 Å². The molecule has 1 atom stereocenters. The third-order valence-corrected chi connectivity index (χ3v) is 5.74. The summed E-state index contributed by atoms with van der Waals surface area (Å²) in [5.74, 6) is -3.18. The normalized spacial score (nSPS) is 12.1. The first-order valence-electron chi connectivity index (χ1n) is 9.28. The molecule has 0 bridgehead atoms. The standard InChI is InChI=1S/C22H17BrClF2N3O2/c1-11(2)29-20(19(21(30)31)28-22(29)23)15(7-12-3-6-17(25)16(24)8-12)13-4-5-14(10-27)18(26)9-13/h3-6,8-9,11,15H,7H2,1-2H3,(H,30,31). The Kier molecular flexibility index (Phi) is 6.77. The molecular weight excluding hydrogens is 492 g/mol. The maximum absolute atomic E-state index is 14.5. The molecule has 0 aliphatic rings. The topological polar surface area (TPSA) is 78.9 Å². The lowest BCUT2D eigenvalue weighted by Crippen LogP contribution is -2.17. The summed E-state index contributed by atoms with van der Waals surface area (Å²) in [6.07, 6.45) is 0.205. The molecule has 0 saturated carbocycles. The van der Waals surface area contributed by atoms with Crippen LogP contribution in [0.5, 0.6) is 0 Å². The molecule has 1 heterocycles. The average molecular weight is 509 g/mol. The van der Waals surface area contributed by atoms with Crippen molar-refractivity contribution in [3.63, 3.8) is 0 Å². The molecule has 0 amide bonds. The number of aromatic nitrogens is 2. The van der Waals surface area contributed by atoms with Gasteiger partial charge in [0.1, 0.15) is 17.7 Å². The number of aromatic carboxylic acids is 1. The Balaban J connectivity index is 2.26. The van der Waals surface area contributed by atoms with Crippen molar-refractivity contribution in [3.8, 4) is 6.07 Å². The minimum absolute atomic E-state index is 0.0701. The van der Waals surface area contributed by atoms with Crippen LogP contribution in [0.2, 0.25) is 5.02 Å². The van der Waals surface area contributed by atoms with Gasteiger partial charge in [-0.15, -0.1) is 0 Å². The number of hydrogen-bond donors (Lipinski definition) is 1. The number of nitriles is 1. The number of nitrogens with zero attached hydrogens (tertiary/aromatic N) is 3. The summed E-state index contributed by atoms with van der Waals surface area (Å²) in [7, 11) is 0. The molecular formula is C22H17BrClF2N3O2. The van der Waals surface area contributed by atoms with Crippen LogP contribution in [0.3, 0.4) is 0 Å². The van der Waals surface area contributed by atoms with Crippen molar-refractivity contribution >= 4 is 33.5 Å². The number of carbonyl (C=O) groups is 1. The van der Waals surface area contributed by atoms with Gasteiger partial charge in [0.05, 0.1) is 16.3 Å². The van der Waals surface area contributed by atoms with Crippen LogP contribution in [0.1, 0.15) is 58.7 Å². The Morgan fingerprint density at radius 2 is 1.97 bits per heavy atom. The van der Waals surface area contributed by atoms with Crippen LogP contribution in [-0.4, -0.2) is 20.6 Å². The number of imidazole rings is 1. The van der Waals surface area contributed by atoms with Gasteiger partial charge in [0, 0.05) is 12.0 Å². The minimum atomic E-state index is -1.23. The van der Waals surface area contributed by atoms with Gasteiger partial charge in [-0.2, -0.15) is 5.26 Å². The van der Waals surface area contributed by atoms with Crippen molar-refractivity contribution in [2.75, 3.05) is 0 Å². The van der Waals surface area contributed by atoms with E-state index in [0.717, 1.165) is 0 Å². The molecule has 1 unspecified atom stereocenters. The van der Waals surface area contributed by atoms with Crippen molar-refractivity contribution in [2.24, 2.45) is 0 Å². The van der Waals surface area contributed by atoms with Crippen LogP contribution in [-0.2, 0) is 6.42 Å². The summed E-state index contributed by atoms with van der Waals surface area (Å²) >= 11 is 9.25. The number of halogens is 4. The molecule has 0 radical (unpaired) electrons. The highest BCUT2D eigenvalue weighted by Crippen LogP contribution is 2.36. The summed E-state index contributed by atoms with van der Waals surface area (Å²) in [5, 5.41) is 18.8. The first-order chi connectivity index (χ1) is 14.6. The van der Waals surface area contributed by atoms with Crippen molar-refractivity contribution in [1.82, 2.24) is 9.55 Å². The van der Waals surface area contributed by atoms with Gasteiger partial charge in [-0.25, -0.2) is 18.6 Å². The SMILES string of the molecule is CC(C)n1c(Br)nc(C(=O)O)c1C(Cc1ccc(F)c(Cl)c1)c1ccc(C#N)c(F)c1. The van der Waals surface area contributed by atoms with Crippen molar-refractivity contribution in [2.45, 2.75) is 32.2 Å². The Morgan fingerprint density at radius 1 is 1.26 bits per heavy atom. The monoisotopic (exact) mass is 507 g/mol. The zero-order valence-corrected chi connectivity index (χ0v) is 18.9. The smallest absolute Gasteiger partial charge is 0.356 e. The van der Waals surface area contributed by atoms with Gasteiger partial charge in [0.2, 0.25) is 0 Å². The van der Waals surface area contributed by atoms with E-state index in [4.69, 9.17) is 16.9 Å². The zero-order valence-electron chi connectivity index (χ0n) is 16.5. The number of benzene rings is 2. The summed E-state index contributed by atoms with van der Waals surface area (Å²) in [4.78, 5) is 16.1. The molecule has 0 aliphatic carbocycles. The molecule has 1 N–H and O–H groups in total. The van der Waals surface area contributed by atoms with Gasteiger partial charge < -0.3 is 9.67 Å². The van der Waals surface area contributed by atoms with E-state index < -0.39 is 23.5 Å². The van der Waals surface area contributed by atoms with Crippen LogP contribution in [0.25, 0.3) is 0 Å². The van der Waals surface area contributed by atoms with E-state index in [0.29, 0.717) is 21.6 Å². The molecule has 3 aromatic rings. The lowest BCUT2D eigenvalue weighted by molar-refractivity contribution is 0.0689. The molecule has 0 fully saturated rings. The third kappa shape index (κ3) is 4.63. The molecule has 0 saturated heterocycles. The van der Waals surface area contributed by atoms with Crippen LogP contribution in [0, 0.1) is 23.0 Å². The van der Waals surface area contributed by atoms with E-state index >= 15 is 0 Å². The Morgan fingerprint density at radius 3 is 2.52 bits per heavy atom. The predicted octanol–water partition coefficient (Wildman–Crippen LogP) is 6.10. The highest BCUT2D eigenvalue weighted by atomic mass is 79.9. The molecule has 0 spiro atoms. The second-order valence-electron chi connectivity index (χ2n) is 7.24. The van der Waals surface area contributed by atoms with Crippen molar-refractivity contribution in [1.29, 1.82) is 5.26 Å². The fraction of sp³-hybridized carbons (Fsp3) is 0.227. The first kappa shape index (κ1) is 22.9. The molecule has 31 heavy (non-hydrogen) atoms.